The Morgan fingerprint density at radius 3 is 1.81 bits per heavy atom. The SMILES string of the molecule is C=C(C)C.CC.CC.CC(=O)O.CC[C@@]1(C)C2=C(C)[C@@H](OC(=O)[C@H](CO)[C@@H](NC(=O)OC(C)(C)C)c3ccccc3)C[C@@]1(O)[C@@H](OC(=O)c1ccccc1)[C@@]1(C)C3(CC3C[C@H]3OC[C@]31C)C(=O)[C@@H]2OC(C)=O.CC[C@H](C)C[C@@H]1OCC1(C)C. The molecule has 16 heteroatoms. The topological polar surface area (TPSA) is 231 Å². The number of ether oxygens (including phenoxy) is 6. The predicted molar refractivity (Wildman–Crippen MR) is 321 cm³/mol. The Hall–Kier alpha value is -5.42. The maximum atomic E-state index is 15.7. The second-order valence-electron chi connectivity index (χ2n) is 25.5. The lowest BCUT2D eigenvalue weighted by molar-refractivity contribution is -0.324. The molecule has 1 spiro atoms. The van der Waals surface area contributed by atoms with Crippen LogP contribution in [0.15, 0.2) is 84.0 Å². The number of fused-ring (bicyclic) bond motifs is 4. The van der Waals surface area contributed by atoms with E-state index in [4.69, 9.17) is 38.3 Å². The third kappa shape index (κ3) is 15.2. The van der Waals surface area contributed by atoms with Gasteiger partial charge in [0.2, 0.25) is 0 Å². The first-order valence-corrected chi connectivity index (χ1v) is 30.0. The Balaban J connectivity index is 0.000000664. The molecule has 2 bridgehead atoms. The summed E-state index contributed by atoms with van der Waals surface area (Å²) in [6.45, 7) is 41.7. The summed E-state index contributed by atoms with van der Waals surface area (Å²) in [5, 5.41) is 35.0. The van der Waals surface area contributed by atoms with Crippen LogP contribution in [0.1, 0.15) is 199 Å². The average Bonchev–Trinajstić information content (AvgIpc) is 1.55. The maximum absolute atomic E-state index is 15.7. The van der Waals surface area contributed by atoms with Gasteiger partial charge in [0.1, 0.15) is 29.3 Å². The molecule has 2 unspecified atom stereocenters. The van der Waals surface area contributed by atoms with E-state index in [2.05, 4.69) is 39.6 Å². The van der Waals surface area contributed by atoms with E-state index in [1.807, 2.05) is 62.3 Å². The zero-order valence-corrected chi connectivity index (χ0v) is 53.8. The number of carbonyl (C=O) groups is 6. The van der Waals surface area contributed by atoms with Gasteiger partial charge in [-0.25, -0.2) is 9.59 Å². The summed E-state index contributed by atoms with van der Waals surface area (Å²) in [5.41, 5.74) is -4.49. The zero-order valence-electron chi connectivity index (χ0n) is 53.8. The van der Waals surface area contributed by atoms with E-state index in [0.29, 0.717) is 35.5 Å². The number of carboxylic acid groups (broad SMARTS) is 1. The van der Waals surface area contributed by atoms with E-state index in [-0.39, 0.29) is 48.4 Å². The highest BCUT2D eigenvalue weighted by molar-refractivity contribution is 5.98. The number of aliphatic carboxylic acids is 1. The molecule has 2 aromatic rings. The normalized spacial score (nSPS) is 31.1. The molecule has 16 nitrogen and oxygen atoms in total. The Bertz CT molecular complexity index is 2550. The Labute approximate surface area is 496 Å². The first-order chi connectivity index (χ1) is 38.7. The van der Waals surface area contributed by atoms with Crippen molar-refractivity contribution in [1.29, 1.82) is 0 Å². The van der Waals surface area contributed by atoms with Gasteiger partial charge in [-0.2, -0.15) is 0 Å². The second-order valence-corrected chi connectivity index (χ2v) is 25.5. The number of esters is 3. The van der Waals surface area contributed by atoms with Crippen molar-refractivity contribution in [2.75, 3.05) is 19.8 Å². The van der Waals surface area contributed by atoms with Gasteiger partial charge >= 0.3 is 24.0 Å². The minimum atomic E-state index is -2.05. The number of allylic oxidation sites excluding steroid dienone is 1. The fraction of sp³-hybridized carbons (Fsp3) is 0.672. The number of aliphatic hydroxyl groups excluding tert-OH is 1. The predicted octanol–water partition coefficient (Wildman–Crippen LogP) is 12.8. The average molecular weight is 1160 g/mol. The molecule has 466 valence electrons. The van der Waals surface area contributed by atoms with E-state index in [9.17, 15) is 29.4 Å². The Kier molecular flexibility index (Phi) is 25.2. The summed E-state index contributed by atoms with van der Waals surface area (Å²) in [6.07, 6.45) is -1.26. The lowest BCUT2D eigenvalue weighted by Crippen LogP contribution is -2.78. The van der Waals surface area contributed by atoms with Crippen molar-refractivity contribution in [3.05, 3.63) is 95.1 Å². The number of nitrogens with one attached hydrogen (secondary N) is 1. The summed E-state index contributed by atoms with van der Waals surface area (Å²) in [6, 6.07) is 16.0. The van der Waals surface area contributed by atoms with Gasteiger partial charge in [0.25, 0.3) is 5.97 Å². The summed E-state index contributed by atoms with van der Waals surface area (Å²) in [5.74, 6) is -4.25. The molecule has 4 aliphatic carbocycles. The van der Waals surface area contributed by atoms with Gasteiger partial charge in [0, 0.05) is 47.3 Å². The molecule has 0 aromatic heterocycles. The van der Waals surface area contributed by atoms with Gasteiger partial charge in [-0.3, -0.25) is 19.2 Å². The first-order valence-electron chi connectivity index (χ1n) is 30.0. The highest BCUT2D eigenvalue weighted by Crippen LogP contribution is 2.81. The van der Waals surface area contributed by atoms with E-state index in [1.54, 1.807) is 95.3 Å². The number of carbonyl (C=O) groups excluding carboxylic acids is 5. The van der Waals surface area contributed by atoms with Gasteiger partial charge in [-0.05, 0) is 108 Å². The third-order valence-electron chi connectivity index (χ3n) is 17.9. The monoisotopic (exact) mass is 1160 g/mol. The summed E-state index contributed by atoms with van der Waals surface area (Å²) >= 11 is 0. The van der Waals surface area contributed by atoms with E-state index >= 15 is 4.79 Å². The number of amides is 1. The maximum Gasteiger partial charge on any atom is 0.408 e. The molecule has 14 atom stereocenters. The van der Waals surface area contributed by atoms with Crippen LogP contribution in [0.4, 0.5) is 4.79 Å². The quantitative estimate of drug-likeness (QED) is 0.0830. The van der Waals surface area contributed by atoms with Crippen LogP contribution < -0.4 is 5.32 Å². The number of carboxylic acids is 1. The van der Waals surface area contributed by atoms with Crippen molar-refractivity contribution in [2.24, 2.45) is 44.8 Å². The second kappa shape index (κ2) is 29.1. The molecule has 2 aromatic carbocycles. The third-order valence-corrected chi connectivity index (χ3v) is 17.9. The minimum Gasteiger partial charge on any atom is -0.481 e. The van der Waals surface area contributed by atoms with Gasteiger partial charge in [-0.15, -0.1) is 6.58 Å². The number of hydrogen-bond donors (Lipinski definition) is 4. The fourth-order valence-electron chi connectivity index (χ4n) is 13.0. The van der Waals surface area contributed by atoms with Crippen molar-refractivity contribution in [3.8, 4) is 0 Å². The standard InChI is InChI=1S/C47H59NO12.C10H20O.C4H8.C2H4O2.2C2H6/c1-10-43(7)34-26(2)32(58-39(53)31(24-49)35(28-17-13-11-14-18-28)48-41(54)60-42(4,5)6)23-47(43,55)40(59-38(52)29-19-15-12-16-20-29)45(9)44(8)25-56-33(44)21-30-22-46(30,45)37(51)36(34)57-27(3)50;1-5-8(2)6-9-10(3,4)7-11-9;1-4(2)3;1-2(3)4;2*1-2/h11-20,30-33,35-36,40,49,55H,10,21-25H2,1-9H3,(H,48,54);8-9H,5-7H2,1-4H3;1H2,2-3H3;1H3,(H,3,4);2*1-2H3/t30?,31-,32+,33-,35+,36-,40+,43+,44-,45-,46?,47-;8-,9-;;;;/m10..../s1. The number of alkyl carbamates (subject to hydrolysis) is 1. The molecule has 3 saturated carbocycles. The fourth-order valence-corrected chi connectivity index (χ4v) is 13.0. The highest BCUT2D eigenvalue weighted by atomic mass is 16.6. The number of Topliss-reactive ketones (excluding diaryl/α,β-unsaturated/α-hetero) is 1. The van der Waals surface area contributed by atoms with Crippen LogP contribution in [-0.4, -0.2) is 113 Å². The van der Waals surface area contributed by atoms with E-state index < -0.39 is 99.7 Å². The molecule has 1 amide bonds. The van der Waals surface area contributed by atoms with E-state index in [1.165, 1.54) is 25.3 Å². The summed E-state index contributed by atoms with van der Waals surface area (Å²) < 4.78 is 36.4. The highest BCUT2D eigenvalue weighted by Gasteiger charge is 2.87. The number of benzene rings is 2. The zero-order chi connectivity index (χ0) is 63.4. The summed E-state index contributed by atoms with van der Waals surface area (Å²) in [7, 11) is 0. The number of ketones is 1. The Morgan fingerprint density at radius 2 is 1.37 bits per heavy atom. The molecule has 2 aliphatic heterocycles. The first kappa shape index (κ1) is 71.8. The number of hydrogen-bond acceptors (Lipinski definition) is 14. The smallest absolute Gasteiger partial charge is 0.408 e. The molecular formula is C67H103NO15. The van der Waals surface area contributed by atoms with Crippen molar-refractivity contribution < 1.29 is 72.5 Å². The van der Waals surface area contributed by atoms with E-state index in [0.717, 1.165) is 19.4 Å². The molecule has 2 heterocycles. The Morgan fingerprint density at radius 1 is 0.831 bits per heavy atom. The van der Waals surface area contributed by atoms with Gasteiger partial charge in [0.05, 0.1) is 43.6 Å². The van der Waals surface area contributed by atoms with Crippen LogP contribution in [0.2, 0.25) is 0 Å². The van der Waals surface area contributed by atoms with Crippen LogP contribution in [0.25, 0.3) is 0 Å². The van der Waals surface area contributed by atoms with Crippen LogP contribution in [0.5, 0.6) is 0 Å². The summed E-state index contributed by atoms with van der Waals surface area (Å²) in [4.78, 5) is 80.0. The van der Waals surface area contributed by atoms with Gasteiger partial charge in [-0.1, -0.05) is 144 Å². The lowest BCUT2D eigenvalue weighted by Gasteiger charge is -2.70. The largest absolute Gasteiger partial charge is 0.481 e. The molecule has 5 fully saturated rings. The molecule has 4 N–H and O–H groups in total. The lowest BCUT2D eigenvalue weighted by atomic mass is 9.39. The molecule has 83 heavy (non-hydrogen) atoms. The number of aliphatic hydroxyl groups is 2. The molecule has 0 radical (unpaired) electrons. The molecule has 6 aliphatic rings. The van der Waals surface area contributed by atoms with Crippen LogP contribution in [-0.2, 0) is 47.6 Å². The van der Waals surface area contributed by atoms with Crippen molar-refractivity contribution in [1.82, 2.24) is 5.32 Å². The molecule has 2 saturated heterocycles. The van der Waals surface area contributed by atoms with Gasteiger partial charge < -0.3 is 49.1 Å². The molecular weight excluding hydrogens is 1060 g/mol. The number of rotatable bonds is 13. The van der Waals surface area contributed by atoms with Gasteiger partial charge in [0.15, 0.2) is 11.9 Å². The van der Waals surface area contributed by atoms with Crippen molar-refractivity contribution >= 4 is 35.8 Å². The minimum absolute atomic E-state index is 0.202. The van der Waals surface area contributed by atoms with Crippen LogP contribution >= 0.6 is 0 Å². The van der Waals surface area contributed by atoms with Crippen LogP contribution in [0, 0.1) is 44.8 Å². The van der Waals surface area contributed by atoms with Crippen molar-refractivity contribution in [2.45, 2.75) is 225 Å². The molecule has 8 rings (SSSR count). The van der Waals surface area contributed by atoms with Crippen LogP contribution in [0.3, 0.4) is 0 Å². The van der Waals surface area contributed by atoms with Crippen molar-refractivity contribution in [3.63, 3.8) is 0 Å².